The summed E-state index contributed by atoms with van der Waals surface area (Å²) >= 11 is 0. The van der Waals surface area contributed by atoms with Crippen molar-refractivity contribution in [2.75, 3.05) is 5.32 Å². The second-order valence-electron chi connectivity index (χ2n) is 4.86. The first kappa shape index (κ1) is 14.6. The minimum atomic E-state index is 0.00983. The zero-order chi connectivity index (χ0) is 16.1. The first-order valence-corrected chi connectivity index (χ1v) is 7.12. The number of benzene rings is 2. The molecule has 23 heavy (non-hydrogen) atoms. The van der Waals surface area contributed by atoms with E-state index in [1.165, 1.54) is 0 Å². The fourth-order valence-electron chi connectivity index (χ4n) is 2.17. The predicted molar refractivity (Wildman–Crippen MR) is 88.3 cm³/mol. The van der Waals surface area contributed by atoms with Crippen LogP contribution in [0.4, 0.5) is 5.69 Å². The topological polar surface area (TPSA) is 72.7 Å². The summed E-state index contributed by atoms with van der Waals surface area (Å²) in [5.74, 6) is 0.597. The smallest absolute Gasteiger partial charge is 0.181 e. The van der Waals surface area contributed by atoms with E-state index in [0.29, 0.717) is 11.4 Å². The van der Waals surface area contributed by atoms with Crippen LogP contribution in [0.5, 0.6) is 0 Å². The lowest BCUT2D eigenvalue weighted by atomic mass is 10.1. The Morgan fingerprint density at radius 3 is 2.61 bits per heavy atom. The quantitative estimate of drug-likeness (QED) is 0.734. The molecule has 2 aromatic carbocycles. The Morgan fingerprint density at radius 2 is 1.83 bits per heavy atom. The van der Waals surface area contributed by atoms with Crippen LogP contribution in [0.2, 0.25) is 0 Å². The largest absolute Gasteiger partial charge is 0.361 e. The van der Waals surface area contributed by atoms with Gasteiger partial charge in [-0.3, -0.25) is 4.79 Å². The lowest BCUT2D eigenvalue weighted by molar-refractivity contribution is 0.101. The average molecular weight is 305 g/mol. The van der Waals surface area contributed by atoms with E-state index in [1.807, 2.05) is 48.5 Å². The van der Waals surface area contributed by atoms with Crippen LogP contribution < -0.4 is 5.32 Å². The Morgan fingerprint density at radius 1 is 1.09 bits per heavy atom. The summed E-state index contributed by atoms with van der Waals surface area (Å²) in [5.41, 5.74) is 2.26. The standard InChI is InChI=1S/C17H15N5O/c1-13(23)15-9-5-6-10-16(15)18-12-11-17-19-20-21-22(17)14-7-3-2-4-8-14/h2-12,18H,1H3/b12-11-. The van der Waals surface area contributed by atoms with Crippen molar-refractivity contribution >= 4 is 17.5 Å². The molecule has 0 fully saturated rings. The van der Waals surface area contributed by atoms with E-state index in [-0.39, 0.29) is 5.78 Å². The van der Waals surface area contributed by atoms with Crippen LogP contribution in [-0.2, 0) is 0 Å². The Kier molecular flexibility index (Phi) is 4.24. The van der Waals surface area contributed by atoms with Crippen LogP contribution in [0.3, 0.4) is 0 Å². The molecular formula is C17H15N5O. The summed E-state index contributed by atoms with van der Waals surface area (Å²) in [6.45, 7) is 1.54. The molecule has 0 aliphatic carbocycles. The number of hydrogen-bond acceptors (Lipinski definition) is 5. The molecule has 0 unspecified atom stereocenters. The zero-order valence-electron chi connectivity index (χ0n) is 12.5. The first-order chi connectivity index (χ1) is 11.3. The highest BCUT2D eigenvalue weighted by atomic mass is 16.1. The van der Waals surface area contributed by atoms with Gasteiger partial charge in [0.15, 0.2) is 11.6 Å². The summed E-state index contributed by atoms with van der Waals surface area (Å²) in [6.07, 6.45) is 3.47. The summed E-state index contributed by atoms with van der Waals surface area (Å²) < 4.78 is 1.63. The second kappa shape index (κ2) is 6.65. The van der Waals surface area contributed by atoms with Gasteiger partial charge in [0.2, 0.25) is 0 Å². The highest BCUT2D eigenvalue weighted by molar-refractivity contribution is 5.99. The van der Waals surface area contributed by atoms with E-state index in [1.54, 1.807) is 29.9 Å². The molecule has 1 N–H and O–H groups in total. The summed E-state index contributed by atoms with van der Waals surface area (Å²) in [7, 11) is 0. The number of ketones is 1. The predicted octanol–water partition coefficient (Wildman–Crippen LogP) is 2.95. The van der Waals surface area contributed by atoms with Crippen LogP contribution in [0.15, 0.2) is 60.8 Å². The molecule has 0 radical (unpaired) electrons. The van der Waals surface area contributed by atoms with E-state index in [4.69, 9.17) is 0 Å². The van der Waals surface area contributed by atoms with Gasteiger partial charge >= 0.3 is 0 Å². The summed E-state index contributed by atoms with van der Waals surface area (Å²) in [4.78, 5) is 11.6. The maximum Gasteiger partial charge on any atom is 0.181 e. The molecule has 114 valence electrons. The van der Waals surface area contributed by atoms with Crippen molar-refractivity contribution in [1.82, 2.24) is 20.2 Å². The van der Waals surface area contributed by atoms with Crippen molar-refractivity contribution in [2.45, 2.75) is 6.92 Å². The van der Waals surface area contributed by atoms with Crippen LogP contribution in [0.25, 0.3) is 11.8 Å². The Bertz CT molecular complexity index is 839. The third kappa shape index (κ3) is 3.32. The van der Waals surface area contributed by atoms with Crippen LogP contribution >= 0.6 is 0 Å². The number of carbonyl (C=O) groups excluding carboxylic acids is 1. The van der Waals surface area contributed by atoms with Crippen molar-refractivity contribution in [3.63, 3.8) is 0 Å². The number of Topliss-reactive ketones (excluding diaryl/α,β-unsaturated/α-hetero) is 1. The monoisotopic (exact) mass is 305 g/mol. The number of hydrogen-bond donors (Lipinski definition) is 1. The van der Waals surface area contributed by atoms with Gasteiger partial charge in [-0.2, -0.15) is 4.68 Å². The molecule has 1 aromatic heterocycles. The average Bonchev–Trinajstić information content (AvgIpc) is 3.04. The second-order valence-corrected chi connectivity index (χ2v) is 4.86. The van der Waals surface area contributed by atoms with E-state index in [2.05, 4.69) is 20.8 Å². The molecule has 0 saturated carbocycles. The maximum absolute atomic E-state index is 11.6. The summed E-state index contributed by atoms with van der Waals surface area (Å²) in [5, 5.41) is 14.8. The first-order valence-electron chi connectivity index (χ1n) is 7.12. The molecule has 0 spiro atoms. The van der Waals surface area contributed by atoms with Crippen molar-refractivity contribution in [1.29, 1.82) is 0 Å². The van der Waals surface area contributed by atoms with E-state index in [9.17, 15) is 4.79 Å². The molecule has 0 aliphatic rings. The Hall–Kier alpha value is -3.28. The lowest BCUT2D eigenvalue weighted by Gasteiger charge is -2.06. The molecule has 3 rings (SSSR count). The molecule has 0 saturated heterocycles. The molecule has 0 atom stereocenters. The van der Waals surface area contributed by atoms with Crippen LogP contribution in [0, 0.1) is 0 Å². The SMILES string of the molecule is CC(=O)c1ccccc1N/C=C\c1nnnn1-c1ccccc1. The minimum absolute atomic E-state index is 0.00983. The summed E-state index contributed by atoms with van der Waals surface area (Å²) in [6, 6.07) is 17.0. The highest BCUT2D eigenvalue weighted by Gasteiger charge is 2.06. The fourth-order valence-corrected chi connectivity index (χ4v) is 2.17. The number of tetrazole rings is 1. The molecule has 0 bridgehead atoms. The van der Waals surface area contributed by atoms with E-state index in [0.717, 1.165) is 11.4 Å². The van der Waals surface area contributed by atoms with Gasteiger partial charge in [-0.25, -0.2) is 0 Å². The number of anilines is 1. The number of para-hydroxylation sites is 2. The zero-order valence-corrected chi connectivity index (χ0v) is 12.5. The highest BCUT2D eigenvalue weighted by Crippen LogP contribution is 2.16. The van der Waals surface area contributed by atoms with E-state index >= 15 is 0 Å². The number of rotatable bonds is 5. The van der Waals surface area contributed by atoms with E-state index < -0.39 is 0 Å². The molecule has 0 amide bonds. The van der Waals surface area contributed by atoms with Gasteiger partial charge in [0, 0.05) is 23.5 Å². The fraction of sp³-hybridized carbons (Fsp3) is 0.0588. The number of nitrogens with zero attached hydrogens (tertiary/aromatic N) is 4. The van der Waals surface area contributed by atoms with Gasteiger partial charge in [0.25, 0.3) is 0 Å². The Labute approximate surface area is 133 Å². The minimum Gasteiger partial charge on any atom is -0.361 e. The van der Waals surface area contributed by atoms with Gasteiger partial charge in [0.05, 0.1) is 5.69 Å². The molecule has 1 heterocycles. The van der Waals surface area contributed by atoms with Gasteiger partial charge in [0.1, 0.15) is 0 Å². The molecule has 6 heteroatoms. The van der Waals surface area contributed by atoms with Gasteiger partial charge < -0.3 is 5.32 Å². The lowest BCUT2D eigenvalue weighted by Crippen LogP contribution is -2.01. The number of aromatic nitrogens is 4. The van der Waals surface area contributed by atoms with Crippen LogP contribution in [-0.4, -0.2) is 26.0 Å². The number of carbonyl (C=O) groups is 1. The Balaban J connectivity index is 1.81. The van der Waals surface area contributed by atoms with Gasteiger partial charge in [-0.1, -0.05) is 30.3 Å². The van der Waals surface area contributed by atoms with Crippen molar-refractivity contribution in [2.24, 2.45) is 0 Å². The third-order valence-corrected chi connectivity index (χ3v) is 3.27. The number of nitrogens with one attached hydrogen (secondary N) is 1. The third-order valence-electron chi connectivity index (χ3n) is 3.27. The van der Waals surface area contributed by atoms with Gasteiger partial charge in [-0.15, -0.1) is 5.10 Å². The molecule has 3 aromatic rings. The maximum atomic E-state index is 11.6. The van der Waals surface area contributed by atoms with Crippen molar-refractivity contribution < 1.29 is 4.79 Å². The van der Waals surface area contributed by atoms with Gasteiger partial charge in [-0.05, 0) is 41.6 Å². The molecular weight excluding hydrogens is 290 g/mol. The van der Waals surface area contributed by atoms with Crippen molar-refractivity contribution in [3.8, 4) is 5.69 Å². The normalized spacial score (nSPS) is 10.8. The van der Waals surface area contributed by atoms with Crippen molar-refractivity contribution in [3.05, 3.63) is 72.2 Å². The van der Waals surface area contributed by atoms with Crippen LogP contribution in [0.1, 0.15) is 23.1 Å². The molecule has 0 aliphatic heterocycles. The molecule has 6 nitrogen and oxygen atoms in total.